The summed E-state index contributed by atoms with van der Waals surface area (Å²) in [4.78, 5) is 4.54. The van der Waals surface area contributed by atoms with Gasteiger partial charge in [-0.2, -0.15) is 5.10 Å². The molecule has 0 radical (unpaired) electrons. The predicted octanol–water partition coefficient (Wildman–Crippen LogP) is 2.47. The smallest absolute Gasteiger partial charge is 0.181 e. The lowest BCUT2D eigenvalue weighted by Crippen LogP contribution is -2.21. The fraction of sp³-hybridized carbons (Fsp3) is 0.385. The maximum atomic E-state index is 9.35. The molecule has 0 saturated heterocycles. The summed E-state index contributed by atoms with van der Waals surface area (Å²) < 4.78 is 1.86. The number of hydrogen-bond donors (Lipinski definition) is 1. The molecule has 18 heavy (non-hydrogen) atoms. The molecular weight excluding hydrogens is 250 g/mol. The fourth-order valence-corrected chi connectivity index (χ4v) is 2.55. The van der Waals surface area contributed by atoms with Crippen LogP contribution in [-0.4, -0.2) is 26.5 Å². The van der Waals surface area contributed by atoms with Crippen LogP contribution in [0.1, 0.15) is 24.7 Å². The first-order valence-electron chi connectivity index (χ1n) is 6.10. The Hall–Kier alpha value is -1.39. The van der Waals surface area contributed by atoms with Gasteiger partial charge in [0.1, 0.15) is 5.82 Å². The number of nitrogens with zero attached hydrogens (tertiary/aromatic N) is 3. The number of aliphatic hydroxyl groups is 1. The van der Waals surface area contributed by atoms with E-state index in [-0.39, 0.29) is 12.6 Å². The Balaban J connectivity index is 2.02. The van der Waals surface area contributed by atoms with Crippen LogP contribution in [0.2, 0.25) is 5.02 Å². The number of fused-ring (bicyclic) bond motifs is 1. The monoisotopic (exact) mass is 263 g/mol. The minimum absolute atomic E-state index is 0.0641. The summed E-state index contributed by atoms with van der Waals surface area (Å²) in [5, 5.41) is 14.5. The standard InChI is InChI=1S/C13H14ClN3O/c14-10-4-1-3-9(7-10)13-15-12-6-2-5-11(8-18)17(12)16-13/h1,3-4,7,11,18H,2,5-6,8H2. The Morgan fingerprint density at radius 1 is 1.44 bits per heavy atom. The van der Waals surface area contributed by atoms with Crippen LogP contribution in [0.25, 0.3) is 11.4 Å². The van der Waals surface area contributed by atoms with Crippen molar-refractivity contribution in [1.29, 1.82) is 0 Å². The van der Waals surface area contributed by atoms with Crippen LogP contribution < -0.4 is 0 Å². The second kappa shape index (κ2) is 4.71. The number of halogens is 1. The highest BCUT2D eigenvalue weighted by molar-refractivity contribution is 6.30. The van der Waals surface area contributed by atoms with Crippen molar-refractivity contribution in [1.82, 2.24) is 14.8 Å². The van der Waals surface area contributed by atoms with Gasteiger partial charge in [0, 0.05) is 17.0 Å². The number of aryl methyl sites for hydroxylation is 1. The summed E-state index contributed by atoms with van der Waals surface area (Å²) in [6, 6.07) is 7.59. The highest BCUT2D eigenvalue weighted by atomic mass is 35.5. The number of rotatable bonds is 2. The van der Waals surface area contributed by atoms with Crippen LogP contribution in [0.15, 0.2) is 24.3 Å². The van der Waals surface area contributed by atoms with Gasteiger partial charge in [-0.3, -0.25) is 0 Å². The van der Waals surface area contributed by atoms with Gasteiger partial charge >= 0.3 is 0 Å². The Morgan fingerprint density at radius 2 is 2.33 bits per heavy atom. The molecule has 0 fully saturated rings. The van der Waals surface area contributed by atoms with Gasteiger partial charge in [-0.1, -0.05) is 23.7 Å². The van der Waals surface area contributed by atoms with Crippen LogP contribution in [0, 0.1) is 0 Å². The van der Waals surface area contributed by atoms with Crippen molar-refractivity contribution < 1.29 is 5.11 Å². The van der Waals surface area contributed by atoms with Crippen molar-refractivity contribution >= 4 is 11.6 Å². The highest BCUT2D eigenvalue weighted by Crippen LogP contribution is 2.26. The molecular formula is C13H14ClN3O. The molecule has 1 aliphatic heterocycles. The lowest BCUT2D eigenvalue weighted by atomic mass is 10.1. The van der Waals surface area contributed by atoms with E-state index in [0.29, 0.717) is 10.8 Å². The molecule has 5 heteroatoms. The first-order chi connectivity index (χ1) is 8.78. The van der Waals surface area contributed by atoms with Crippen molar-refractivity contribution in [3.63, 3.8) is 0 Å². The minimum atomic E-state index is 0.0641. The number of aromatic nitrogens is 3. The number of benzene rings is 1. The summed E-state index contributed by atoms with van der Waals surface area (Å²) in [5.41, 5.74) is 0.918. The Labute approximate surface area is 110 Å². The van der Waals surface area contributed by atoms with Gasteiger partial charge in [0.25, 0.3) is 0 Å². The largest absolute Gasteiger partial charge is 0.394 e. The van der Waals surface area contributed by atoms with Crippen molar-refractivity contribution in [3.05, 3.63) is 35.1 Å². The van der Waals surface area contributed by atoms with Crippen LogP contribution in [0.3, 0.4) is 0 Å². The molecule has 0 amide bonds. The molecule has 1 aromatic heterocycles. The van der Waals surface area contributed by atoms with E-state index in [2.05, 4.69) is 10.1 Å². The molecule has 3 rings (SSSR count). The van der Waals surface area contributed by atoms with Gasteiger partial charge in [0.15, 0.2) is 5.82 Å². The van der Waals surface area contributed by atoms with E-state index in [4.69, 9.17) is 11.6 Å². The van der Waals surface area contributed by atoms with Crippen LogP contribution in [0.4, 0.5) is 0 Å². The zero-order valence-electron chi connectivity index (χ0n) is 9.88. The molecule has 1 N–H and O–H groups in total. The third kappa shape index (κ3) is 2.02. The average Bonchev–Trinajstić information content (AvgIpc) is 2.82. The Morgan fingerprint density at radius 3 is 3.11 bits per heavy atom. The molecule has 1 aliphatic rings. The second-order valence-electron chi connectivity index (χ2n) is 4.54. The van der Waals surface area contributed by atoms with Gasteiger partial charge in [-0.05, 0) is 25.0 Å². The lowest BCUT2D eigenvalue weighted by molar-refractivity contribution is 0.195. The van der Waals surface area contributed by atoms with Crippen molar-refractivity contribution in [3.8, 4) is 11.4 Å². The van der Waals surface area contributed by atoms with E-state index >= 15 is 0 Å². The summed E-state index contributed by atoms with van der Waals surface area (Å²) >= 11 is 5.98. The molecule has 1 aromatic carbocycles. The first kappa shape index (κ1) is 11.7. The topological polar surface area (TPSA) is 50.9 Å². The van der Waals surface area contributed by atoms with Crippen LogP contribution in [0.5, 0.6) is 0 Å². The lowest BCUT2D eigenvalue weighted by Gasteiger charge is -2.20. The summed E-state index contributed by atoms with van der Waals surface area (Å²) in [6.45, 7) is 0.116. The first-order valence-corrected chi connectivity index (χ1v) is 6.48. The zero-order valence-corrected chi connectivity index (χ0v) is 10.6. The predicted molar refractivity (Wildman–Crippen MR) is 69.5 cm³/mol. The normalized spacial score (nSPS) is 18.7. The Bertz CT molecular complexity index is 567. The van der Waals surface area contributed by atoms with E-state index < -0.39 is 0 Å². The molecule has 0 aliphatic carbocycles. The van der Waals surface area contributed by atoms with Crippen molar-refractivity contribution in [2.75, 3.05) is 6.61 Å². The van der Waals surface area contributed by atoms with E-state index in [1.807, 2.05) is 28.9 Å². The maximum Gasteiger partial charge on any atom is 0.181 e. The molecule has 0 spiro atoms. The van der Waals surface area contributed by atoms with Gasteiger partial charge < -0.3 is 5.11 Å². The van der Waals surface area contributed by atoms with Gasteiger partial charge in [0.2, 0.25) is 0 Å². The molecule has 2 aromatic rings. The molecule has 2 heterocycles. The molecule has 94 valence electrons. The van der Waals surface area contributed by atoms with E-state index in [1.165, 1.54) is 0 Å². The van der Waals surface area contributed by atoms with E-state index in [0.717, 1.165) is 30.7 Å². The number of aliphatic hydroxyl groups excluding tert-OH is 1. The second-order valence-corrected chi connectivity index (χ2v) is 4.97. The maximum absolute atomic E-state index is 9.35. The molecule has 0 saturated carbocycles. The molecule has 1 atom stereocenters. The quantitative estimate of drug-likeness (QED) is 0.906. The van der Waals surface area contributed by atoms with E-state index in [1.54, 1.807) is 0 Å². The SMILES string of the molecule is OCC1CCCc2nc(-c3cccc(Cl)c3)nn21. The van der Waals surface area contributed by atoms with Crippen molar-refractivity contribution in [2.45, 2.75) is 25.3 Å². The van der Waals surface area contributed by atoms with Gasteiger partial charge in [0.05, 0.1) is 12.6 Å². The minimum Gasteiger partial charge on any atom is -0.394 e. The van der Waals surface area contributed by atoms with Crippen LogP contribution >= 0.6 is 11.6 Å². The molecule has 4 nitrogen and oxygen atoms in total. The fourth-order valence-electron chi connectivity index (χ4n) is 2.36. The molecule has 0 bridgehead atoms. The van der Waals surface area contributed by atoms with Crippen molar-refractivity contribution in [2.24, 2.45) is 0 Å². The highest BCUT2D eigenvalue weighted by Gasteiger charge is 2.22. The van der Waals surface area contributed by atoms with E-state index in [9.17, 15) is 5.11 Å². The summed E-state index contributed by atoms with van der Waals surface area (Å²) in [6.07, 6.45) is 2.94. The number of hydrogen-bond acceptors (Lipinski definition) is 3. The zero-order chi connectivity index (χ0) is 12.5. The Kier molecular flexibility index (Phi) is 3.06. The van der Waals surface area contributed by atoms with Gasteiger partial charge in [-0.15, -0.1) is 0 Å². The third-order valence-corrected chi connectivity index (χ3v) is 3.51. The van der Waals surface area contributed by atoms with Gasteiger partial charge in [-0.25, -0.2) is 9.67 Å². The average molecular weight is 264 g/mol. The van der Waals surface area contributed by atoms with Crippen LogP contribution in [-0.2, 0) is 6.42 Å². The molecule has 1 unspecified atom stereocenters. The summed E-state index contributed by atoms with van der Waals surface area (Å²) in [5.74, 6) is 1.64. The third-order valence-electron chi connectivity index (χ3n) is 3.28. The summed E-state index contributed by atoms with van der Waals surface area (Å²) in [7, 11) is 0.